The quantitative estimate of drug-likeness (QED) is 0.512. The molecule has 0 unspecified atom stereocenters. The van der Waals surface area contributed by atoms with Crippen molar-refractivity contribution in [2.24, 2.45) is 0 Å². The topological polar surface area (TPSA) is 15.8 Å². The summed E-state index contributed by atoms with van der Waals surface area (Å²) in [6.07, 6.45) is 1.95. The number of nitrogens with one attached hydrogen (secondary N) is 1. The number of benzene rings is 2. The van der Waals surface area contributed by atoms with Gasteiger partial charge in [0.05, 0.1) is 5.69 Å². The minimum Gasteiger partial charge on any atom is -0.354 e. The summed E-state index contributed by atoms with van der Waals surface area (Å²) in [6, 6.07) is 18.9. The zero-order valence-electron chi connectivity index (χ0n) is 10.6. The molecule has 0 aliphatic rings. The number of rotatable bonds is 4. The number of H-pyrrole nitrogens is 1. The second-order valence-electron chi connectivity index (χ2n) is 4.34. The molecule has 0 radical (unpaired) electrons. The summed E-state index contributed by atoms with van der Waals surface area (Å²) in [7, 11) is 0. The Morgan fingerprint density at radius 1 is 1.00 bits per heavy atom. The zero-order chi connectivity index (χ0) is 13.1. The maximum atomic E-state index is 3.81. The highest BCUT2D eigenvalue weighted by Crippen LogP contribution is 2.37. The molecule has 1 N–H and O–H groups in total. The van der Waals surface area contributed by atoms with Gasteiger partial charge in [-0.05, 0) is 11.6 Å². The Morgan fingerprint density at radius 2 is 1.74 bits per heavy atom. The smallest absolute Gasteiger partial charge is 0.0603 e. The lowest BCUT2D eigenvalue weighted by molar-refractivity contribution is 1.40. The van der Waals surface area contributed by atoms with Gasteiger partial charge in [-0.15, -0.1) is 18.3 Å². The van der Waals surface area contributed by atoms with Crippen LogP contribution in [0.1, 0.15) is 0 Å². The van der Waals surface area contributed by atoms with Gasteiger partial charge in [-0.25, -0.2) is 0 Å². The number of aromatic nitrogens is 1. The van der Waals surface area contributed by atoms with E-state index in [9.17, 15) is 0 Å². The van der Waals surface area contributed by atoms with Crippen molar-refractivity contribution in [1.82, 2.24) is 4.98 Å². The molecule has 0 spiro atoms. The van der Waals surface area contributed by atoms with Crippen molar-refractivity contribution >= 4 is 22.7 Å². The van der Waals surface area contributed by atoms with Gasteiger partial charge in [0.15, 0.2) is 0 Å². The van der Waals surface area contributed by atoms with Crippen LogP contribution in [0.2, 0.25) is 0 Å². The molecule has 19 heavy (non-hydrogen) atoms. The van der Waals surface area contributed by atoms with Crippen molar-refractivity contribution in [3.63, 3.8) is 0 Å². The first kappa shape index (κ1) is 12.1. The Hall–Kier alpha value is -1.93. The number of aromatic amines is 1. The van der Waals surface area contributed by atoms with E-state index in [-0.39, 0.29) is 0 Å². The number of hydrogen-bond donors (Lipinski definition) is 1. The molecule has 0 atom stereocenters. The first-order valence-electron chi connectivity index (χ1n) is 6.30. The summed E-state index contributed by atoms with van der Waals surface area (Å²) in [5.41, 5.74) is 3.62. The SMILES string of the molecule is C=CCSc1c(-c2ccccc2)[nH]c2ccccc12. The molecular weight excluding hydrogens is 250 g/mol. The molecular formula is C17H15NS. The Labute approximate surface area is 117 Å². The molecule has 2 aromatic carbocycles. The van der Waals surface area contributed by atoms with Crippen LogP contribution in [0, 0.1) is 0 Å². The van der Waals surface area contributed by atoms with E-state index in [0.717, 1.165) is 5.75 Å². The fraction of sp³-hybridized carbons (Fsp3) is 0.0588. The molecule has 1 heterocycles. The fourth-order valence-electron chi connectivity index (χ4n) is 2.22. The van der Waals surface area contributed by atoms with Gasteiger partial charge in [-0.3, -0.25) is 0 Å². The average Bonchev–Trinajstić information content (AvgIpc) is 2.85. The lowest BCUT2D eigenvalue weighted by atomic mass is 10.1. The molecule has 0 aliphatic carbocycles. The van der Waals surface area contributed by atoms with E-state index in [2.05, 4.69) is 60.1 Å². The number of thioether (sulfide) groups is 1. The predicted octanol–water partition coefficient (Wildman–Crippen LogP) is 5.11. The maximum absolute atomic E-state index is 3.81. The van der Waals surface area contributed by atoms with Crippen LogP contribution >= 0.6 is 11.8 Å². The largest absolute Gasteiger partial charge is 0.354 e. The minimum absolute atomic E-state index is 0.918. The standard InChI is InChI=1S/C17H15NS/c1-2-12-19-17-14-10-6-7-11-15(14)18-16(17)13-8-4-3-5-9-13/h2-11,18H,1,12H2. The van der Waals surface area contributed by atoms with Crippen LogP contribution in [0.4, 0.5) is 0 Å². The van der Waals surface area contributed by atoms with Crippen LogP contribution in [0.5, 0.6) is 0 Å². The van der Waals surface area contributed by atoms with Gasteiger partial charge < -0.3 is 4.98 Å². The van der Waals surface area contributed by atoms with Gasteiger partial charge in [0.1, 0.15) is 0 Å². The molecule has 3 aromatic rings. The third kappa shape index (κ3) is 2.32. The third-order valence-electron chi connectivity index (χ3n) is 3.07. The second kappa shape index (κ2) is 5.37. The van der Waals surface area contributed by atoms with Gasteiger partial charge in [0.2, 0.25) is 0 Å². The Bertz CT molecular complexity index is 698. The monoisotopic (exact) mass is 265 g/mol. The number of fused-ring (bicyclic) bond motifs is 1. The third-order valence-corrected chi connectivity index (χ3v) is 4.18. The fourth-order valence-corrected chi connectivity index (χ4v) is 3.15. The van der Waals surface area contributed by atoms with Crippen LogP contribution < -0.4 is 0 Å². The van der Waals surface area contributed by atoms with Crippen LogP contribution in [0.15, 0.2) is 72.1 Å². The number of para-hydroxylation sites is 1. The molecule has 0 amide bonds. The second-order valence-corrected chi connectivity index (χ2v) is 5.37. The van der Waals surface area contributed by atoms with Crippen molar-refractivity contribution in [2.75, 3.05) is 5.75 Å². The van der Waals surface area contributed by atoms with Crippen LogP contribution in [0.25, 0.3) is 22.2 Å². The Kier molecular flexibility index (Phi) is 3.43. The van der Waals surface area contributed by atoms with E-state index in [1.807, 2.05) is 23.9 Å². The molecule has 1 nitrogen and oxygen atoms in total. The van der Waals surface area contributed by atoms with E-state index in [0.29, 0.717) is 0 Å². The van der Waals surface area contributed by atoms with E-state index in [4.69, 9.17) is 0 Å². The van der Waals surface area contributed by atoms with Gasteiger partial charge in [0.25, 0.3) is 0 Å². The summed E-state index contributed by atoms with van der Waals surface area (Å²) in [5, 5.41) is 1.29. The van der Waals surface area contributed by atoms with Crippen molar-refractivity contribution in [2.45, 2.75) is 4.90 Å². The van der Waals surface area contributed by atoms with Gasteiger partial charge in [0, 0.05) is 21.6 Å². The lowest BCUT2D eigenvalue weighted by Crippen LogP contribution is -1.80. The van der Waals surface area contributed by atoms with E-state index >= 15 is 0 Å². The molecule has 2 heteroatoms. The van der Waals surface area contributed by atoms with Crippen LogP contribution in [0.3, 0.4) is 0 Å². The molecule has 3 rings (SSSR count). The Morgan fingerprint density at radius 3 is 2.53 bits per heavy atom. The summed E-state index contributed by atoms with van der Waals surface area (Å²) in [5.74, 6) is 0.918. The summed E-state index contributed by atoms with van der Waals surface area (Å²) in [6.45, 7) is 3.81. The van der Waals surface area contributed by atoms with E-state index in [1.165, 1.54) is 27.1 Å². The first-order chi connectivity index (χ1) is 9.40. The van der Waals surface area contributed by atoms with Crippen molar-refractivity contribution in [3.05, 3.63) is 67.3 Å². The highest BCUT2D eigenvalue weighted by atomic mass is 32.2. The normalized spacial score (nSPS) is 10.7. The molecule has 0 saturated carbocycles. The highest BCUT2D eigenvalue weighted by molar-refractivity contribution is 7.99. The zero-order valence-corrected chi connectivity index (χ0v) is 11.4. The van der Waals surface area contributed by atoms with Crippen molar-refractivity contribution in [1.29, 1.82) is 0 Å². The molecule has 0 fully saturated rings. The van der Waals surface area contributed by atoms with E-state index in [1.54, 1.807) is 0 Å². The van der Waals surface area contributed by atoms with Crippen LogP contribution in [-0.2, 0) is 0 Å². The summed E-state index contributed by atoms with van der Waals surface area (Å²) < 4.78 is 0. The van der Waals surface area contributed by atoms with Gasteiger partial charge in [-0.1, -0.05) is 54.6 Å². The number of hydrogen-bond acceptors (Lipinski definition) is 1. The molecule has 0 saturated heterocycles. The van der Waals surface area contributed by atoms with Crippen molar-refractivity contribution < 1.29 is 0 Å². The molecule has 0 bridgehead atoms. The maximum Gasteiger partial charge on any atom is 0.0603 e. The first-order valence-corrected chi connectivity index (χ1v) is 7.28. The highest BCUT2D eigenvalue weighted by Gasteiger charge is 2.12. The van der Waals surface area contributed by atoms with E-state index < -0.39 is 0 Å². The Balaban J connectivity index is 2.19. The lowest BCUT2D eigenvalue weighted by Gasteiger charge is -2.03. The molecule has 1 aromatic heterocycles. The van der Waals surface area contributed by atoms with Gasteiger partial charge in [-0.2, -0.15) is 0 Å². The molecule has 94 valence electrons. The molecule has 0 aliphatic heterocycles. The van der Waals surface area contributed by atoms with Crippen molar-refractivity contribution in [3.8, 4) is 11.3 Å². The summed E-state index contributed by atoms with van der Waals surface area (Å²) >= 11 is 1.83. The minimum atomic E-state index is 0.918. The summed E-state index contributed by atoms with van der Waals surface area (Å²) in [4.78, 5) is 4.84. The van der Waals surface area contributed by atoms with Gasteiger partial charge >= 0.3 is 0 Å². The predicted molar refractivity (Wildman–Crippen MR) is 84.7 cm³/mol. The van der Waals surface area contributed by atoms with Crippen LogP contribution in [-0.4, -0.2) is 10.7 Å². The average molecular weight is 265 g/mol.